The quantitative estimate of drug-likeness (QED) is 0.799. The van der Waals surface area contributed by atoms with E-state index in [0.717, 1.165) is 4.47 Å². The van der Waals surface area contributed by atoms with Crippen molar-refractivity contribution in [3.05, 3.63) is 58.6 Å². The Morgan fingerprint density at radius 1 is 1.13 bits per heavy atom. The number of ether oxygens (including phenoxy) is 1. The molecule has 0 atom stereocenters. The van der Waals surface area contributed by atoms with Crippen LogP contribution in [0.5, 0.6) is 5.75 Å². The molecule has 0 heterocycles. The molecule has 0 saturated heterocycles. The predicted octanol–water partition coefficient (Wildman–Crippen LogP) is 4.67. The number of amides is 2. The topological polar surface area (TPSA) is 50.4 Å². The van der Waals surface area contributed by atoms with Gasteiger partial charge in [-0.05, 0) is 42.0 Å². The smallest absolute Gasteiger partial charge is 0.406 e. The lowest BCUT2D eigenvalue weighted by molar-refractivity contribution is -0.274. The molecule has 0 radical (unpaired) electrons. The summed E-state index contributed by atoms with van der Waals surface area (Å²) in [6.45, 7) is 0.0669. The molecule has 0 fully saturated rings. The maximum atomic E-state index is 12.2. The van der Waals surface area contributed by atoms with Gasteiger partial charge in [0, 0.05) is 16.7 Å². The van der Waals surface area contributed by atoms with Gasteiger partial charge in [0.1, 0.15) is 5.75 Å². The molecule has 8 heteroatoms. The molecule has 0 aromatic heterocycles. The maximum absolute atomic E-state index is 12.2. The second-order valence-corrected chi connectivity index (χ2v) is 5.43. The van der Waals surface area contributed by atoms with Crippen molar-refractivity contribution < 1.29 is 22.7 Å². The lowest BCUT2D eigenvalue weighted by Gasteiger charge is -2.11. The molecular formula is C15H12BrF3N2O2. The van der Waals surface area contributed by atoms with E-state index in [2.05, 4.69) is 31.3 Å². The molecule has 4 nitrogen and oxygen atoms in total. The third-order valence-corrected chi connectivity index (χ3v) is 3.22. The molecule has 0 saturated carbocycles. The van der Waals surface area contributed by atoms with E-state index >= 15 is 0 Å². The average Bonchev–Trinajstić information content (AvgIpc) is 2.46. The first-order valence-corrected chi connectivity index (χ1v) is 7.26. The summed E-state index contributed by atoms with van der Waals surface area (Å²) in [5.41, 5.74) is 1.08. The number of carbonyl (C=O) groups is 1. The van der Waals surface area contributed by atoms with Gasteiger partial charge < -0.3 is 15.4 Å². The van der Waals surface area contributed by atoms with Crippen molar-refractivity contribution in [2.45, 2.75) is 12.9 Å². The average molecular weight is 389 g/mol. The Morgan fingerprint density at radius 3 is 2.48 bits per heavy atom. The first kappa shape index (κ1) is 17.1. The Bertz CT molecular complexity index is 675. The summed E-state index contributed by atoms with van der Waals surface area (Å²) < 4.78 is 41.2. The van der Waals surface area contributed by atoms with Crippen LogP contribution in [0.4, 0.5) is 23.7 Å². The van der Waals surface area contributed by atoms with Gasteiger partial charge in [-0.15, -0.1) is 13.2 Å². The molecule has 2 aromatic rings. The summed E-state index contributed by atoms with van der Waals surface area (Å²) in [6.07, 6.45) is -4.75. The Balaban J connectivity index is 1.89. The van der Waals surface area contributed by atoms with Crippen molar-refractivity contribution in [2.24, 2.45) is 0 Å². The summed E-state index contributed by atoms with van der Waals surface area (Å²) in [5, 5.41) is 5.16. The molecular weight excluding hydrogens is 377 g/mol. The SMILES string of the molecule is O=C(NCc1cccc(OC(F)(F)F)c1)Nc1ccc(Br)cc1. The number of alkyl halides is 3. The van der Waals surface area contributed by atoms with Crippen LogP contribution in [0.1, 0.15) is 5.56 Å². The number of urea groups is 1. The van der Waals surface area contributed by atoms with Crippen molar-refractivity contribution in [1.29, 1.82) is 0 Å². The number of nitrogens with one attached hydrogen (secondary N) is 2. The molecule has 0 aliphatic rings. The van der Waals surface area contributed by atoms with E-state index in [4.69, 9.17) is 0 Å². The monoisotopic (exact) mass is 388 g/mol. The van der Waals surface area contributed by atoms with Gasteiger partial charge in [-0.2, -0.15) is 0 Å². The van der Waals surface area contributed by atoms with E-state index in [1.165, 1.54) is 18.2 Å². The minimum absolute atomic E-state index is 0.0669. The molecule has 2 amide bonds. The van der Waals surface area contributed by atoms with Crippen molar-refractivity contribution in [3.63, 3.8) is 0 Å². The van der Waals surface area contributed by atoms with Crippen LogP contribution in [-0.4, -0.2) is 12.4 Å². The molecule has 2 aromatic carbocycles. The number of carbonyl (C=O) groups excluding carboxylic acids is 1. The zero-order valence-corrected chi connectivity index (χ0v) is 13.2. The molecule has 122 valence electrons. The highest BCUT2D eigenvalue weighted by atomic mass is 79.9. The minimum atomic E-state index is -4.75. The van der Waals surface area contributed by atoms with E-state index < -0.39 is 12.4 Å². The zero-order chi connectivity index (χ0) is 16.9. The molecule has 0 aliphatic carbocycles. The van der Waals surface area contributed by atoms with Crippen LogP contribution in [0, 0.1) is 0 Å². The number of hydrogen-bond acceptors (Lipinski definition) is 2. The zero-order valence-electron chi connectivity index (χ0n) is 11.7. The second-order valence-electron chi connectivity index (χ2n) is 4.51. The van der Waals surface area contributed by atoms with Crippen LogP contribution in [0.25, 0.3) is 0 Å². The van der Waals surface area contributed by atoms with Crippen LogP contribution >= 0.6 is 15.9 Å². The van der Waals surface area contributed by atoms with Gasteiger partial charge in [0.25, 0.3) is 0 Å². The maximum Gasteiger partial charge on any atom is 0.573 e. The van der Waals surface area contributed by atoms with E-state index in [1.807, 2.05) is 0 Å². The third-order valence-electron chi connectivity index (χ3n) is 2.69. The number of rotatable bonds is 4. The highest BCUT2D eigenvalue weighted by Gasteiger charge is 2.31. The van der Waals surface area contributed by atoms with Gasteiger partial charge >= 0.3 is 12.4 Å². The number of halogens is 4. The fourth-order valence-electron chi connectivity index (χ4n) is 1.74. The Kier molecular flexibility index (Phi) is 5.49. The number of benzene rings is 2. The van der Waals surface area contributed by atoms with Crippen LogP contribution in [-0.2, 0) is 6.54 Å². The standard InChI is InChI=1S/C15H12BrF3N2O2/c16-11-4-6-12(7-5-11)21-14(22)20-9-10-2-1-3-13(8-10)23-15(17,18)19/h1-8H,9H2,(H2,20,21,22). The van der Waals surface area contributed by atoms with Crippen molar-refractivity contribution >= 4 is 27.6 Å². The molecule has 0 unspecified atom stereocenters. The van der Waals surface area contributed by atoms with Crippen molar-refractivity contribution in [3.8, 4) is 5.75 Å². The van der Waals surface area contributed by atoms with Crippen LogP contribution < -0.4 is 15.4 Å². The fraction of sp³-hybridized carbons (Fsp3) is 0.133. The molecule has 0 spiro atoms. The molecule has 2 N–H and O–H groups in total. The Labute approximate surface area is 138 Å². The molecule has 2 rings (SSSR count). The van der Waals surface area contributed by atoms with Crippen LogP contribution in [0.3, 0.4) is 0 Å². The van der Waals surface area contributed by atoms with E-state index in [9.17, 15) is 18.0 Å². The molecule has 0 bridgehead atoms. The highest BCUT2D eigenvalue weighted by Crippen LogP contribution is 2.23. The molecule has 23 heavy (non-hydrogen) atoms. The number of anilines is 1. The summed E-state index contributed by atoms with van der Waals surface area (Å²) in [7, 11) is 0. The normalized spacial score (nSPS) is 11.0. The van der Waals surface area contributed by atoms with E-state index in [1.54, 1.807) is 30.3 Å². The highest BCUT2D eigenvalue weighted by molar-refractivity contribution is 9.10. The fourth-order valence-corrected chi connectivity index (χ4v) is 2.01. The summed E-state index contributed by atoms with van der Waals surface area (Å²) in [6, 6.07) is 11.9. The summed E-state index contributed by atoms with van der Waals surface area (Å²) >= 11 is 3.28. The Morgan fingerprint density at radius 2 is 1.83 bits per heavy atom. The second kappa shape index (κ2) is 7.36. The van der Waals surface area contributed by atoms with Gasteiger partial charge in [-0.1, -0.05) is 28.1 Å². The van der Waals surface area contributed by atoms with Gasteiger partial charge in [0.2, 0.25) is 0 Å². The third kappa shape index (κ3) is 6.19. The lowest BCUT2D eigenvalue weighted by Crippen LogP contribution is -2.28. The van der Waals surface area contributed by atoms with Gasteiger partial charge in [0.05, 0.1) is 0 Å². The van der Waals surface area contributed by atoms with Crippen LogP contribution in [0.2, 0.25) is 0 Å². The van der Waals surface area contributed by atoms with Crippen molar-refractivity contribution in [2.75, 3.05) is 5.32 Å². The van der Waals surface area contributed by atoms with E-state index in [-0.39, 0.29) is 12.3 Å². The van der Waals surface area contributed by atoms with Gasteiger partial charge in [-0.3, -0.25) is 0 Å². The summed E-state index contributed by atoms with van der Waals surface area (Å²) in [5.74, 6) is -0.329. The van der Waals surface area contributed by atoms with Gasteiger partial charge in [0.15, 0.2) is 0 Å². The summed E-state index contributed by atoms with van der Waals surface area (Å²) in [4.78, 5) is 11.7. The van der Waals surface area contributed by atoms with E-state index in [0.29, 0.717) is 11.3 Å². The lowest BCUT2D eigenvalue weighted by atomic mass is 10.2. The van der Waals surface area contributed by atoms with Crippen molar-refractivity contribution in [1.82, 2.24) is 5.32 Å². The van der Waals surface area contributed by atoms with Crippen LogP contribution in [0.15, 0.2) is 53.0 Å². The number of hydrogen-bond donors (Lipinski definition) is 2. The Hall–Kier alpha value is -2.22. The first-order valence-electron chi connectivity index (χ1n) is 6.47. The largest absolute Gasteiger partial charge is 0.573 e. The predicted molar refractivity (Wildman–Crippen MR) is 83.1 cm³/mol. The van der Waals surface area contributed by atoms with Gasteiger partial charge in [-0.25, -0.2) is 4.79 Å². The minimum Gasteiger partial charge on any atom is -0.406 e. The first-order chi connectivity index (χ1) is 10.8. The molecule has 0 aliphatic heterocycles.